The molecule has 0 aliphatic carbocycles. The van der Waals surface area contributed by atoms with Crippen LogP contribution in [0, 0.1) is 5.41 Å². The van der Waals surface area contributed by atoms with Crippen molar-refractivity contribution < 1.29 is 4.79 Å². The van der Waals surface area contributed by atoms with Gasteiger partial charge in [0.15, 0.2) is 5.82 Å². The quantitative estimate of drug-likeness (QED) is 0.596. The third-order valence-electron chi connectivity index (χ3n) is 3.64. The Kier molecular flexibility index (Phi) is 3.60. The molecule has 24 heavy (non-hydrogen) atoms. The average Bonchev–Trinajstić information content (AvgIpc) is 3.10. The predicted octanol–water partition coefficient (Wildman–Crippen LogP) is 0.417. The van der Waals surface area contributed by atoms with E-state index in [-0.39, 0.29) is 5.69 Å². The molecule has 9 nitrogen and oxygen atoms in total. The molecular weight excluding hydrogens is 308 g/mol. The number of hydrogen-bond acceptors (Lipinski definition) is 6. The van der Waals surface area contributed by atoms with Crippen molar-refractivity contribution in [2.24, 2.45) is 25.6 Å². The fourth-order valence-corrected chi connectivity index (χ4v) is 2.44. The highest BCUT2D eigenvalue weighted by atomic mass is 16.1. The topological polar surface area (TPSA) is 141 Å². The fraction of sp³-hybridized carbons (Fsp3) is 0.133. The molecule has 0 aliphatic heterocycles. The number of imidazole rings is 1. The van der Waals surface area contributed by atoms with Gasteiger partial charge in [0.1, 0.15) is 17.1 Å². The zero-order valence-corrected chi connectivity index (χ0v) is 13.2. The van der Waals surface area contributed by atoms with Crippen molar-refractivity contribution in [3.8, 4) is 11.5 Å². The normalized spacial score (nSPS) is 11.8. The van der Waals surface area contributed by atoms with Gasteiger partial charge in [0.25, 0.3) is 5.91 Å². The molecule has 0 saturated carbocycles. The molecule has 5 N–H and O–H groups in total. The van der Waals surface area contributed by atoms with Gasteiger partial charge >= 0.3 is 0 Å². The van der Waals surface area contributed by atoms with Crippen LogP contribution < -0.4 is 11.5 Å². The third-order valence-corrected chi connectivity index (χ3v) is 3.64. The van der Waals surface area contributed by atoms with Gasteiger partial charge in [-0.05, 0) is 12.1 Å². The molecule has 0 saturated heterocycles. The van der Waals surface area contributed by atoms with Gasteiger partial charge in [0, 0.05) is 31.9 Å². The zero-order chi connectivity index (χ0) is 17.4. The number of primary amides is 1. The standard InChI is InChI=1S/C15H16N8O/c1-22-7-11(9(17)3-4-16)21-15(22)13-8-6-19-23(2)12(8)5-10(20-13)14(18)24/h3-7,16H,17H2,1-2H3,(H2,18,24)/b9-3-,16-4?. The van der Waals surface area contributed by atoms with E-state index in [1.807, 2.05) is 0 Å². The summed E-state index contributed by atoms with van der Waals surface area (Å²) in [5, 5.41) is 12.1. The van der Waals surface area contributed by atoms with Crippen molar-refractivity contribution in [2.75, 3.05) is 0 Å². The number of nitrogens with zero attached hydrogens (tertiary/aromatic N) is 5. The molecule has 0 aromatic carbocycles. The molecule has 0 radical (unpaired) electrons. The number of nitrogens with one attached hydrogen (secondary N) is 1. The molecule has 3 heterocycles. The number of hydrogen-bond donors (Lipinski definition) is 3. The van der Waals surface area contributed by atoms with E-state index in [0.717, 1.165) is 17.1 Å². The van der Waals surface area contributed by atoms with Crippen LogP contribution in [-0.2, 0) is 14.1 Å². The van der Waals surface area contributed by atoms with Gasteiger partial charge in [-0.25, -0.2) is 9.97 Å². The molecule has 3 aromatic rings. The monoisotopic (exact) mass is 324 g/mol. The van der Waals surface area contributed by atoms with Crippen molar-refractivity contribution in [1.82, 2.24) is 24.3 Å². The Morgan fingerprint density at radius 1 is 1.25 bits per heavy atom. The van der Waals surface area contributed by atoms with Gasteiger partial charge in [0.2, 0.25) is 0 Å². The largest absolute Gasteiger partial charge is 0.397 e. The molecule has 0 fully saturated rings. The smallest absolute Gasteiger partial charge is 0.267 e. The second-order valence-corrected chi connectivity index (χ2v) is 5.27. The minimum Gasteiger partial charge on any atom is -0.397 e. The van der Waals surface area contributed by atoms with Crippen LogP contribution in [0.1, 0.15) is 16.2 Å². The summed E-state index contributed by atoms with van der Waals surface area (Å²) in [7, 11) is 3.57. The van der Waals surface area contributed by atoms with E-state index in [1.54, 1.807) is 41.8 Å². The van der Waals surface area contributed by atoms with Crippen LogP contribution in [0.5, 0.6) is 0 Å². The van der Waals surface area contributed by atoms with E-state index in [9.17, 15) is 4.79 Å². The van der Waals surface area contributed by atoms with E-state index in [4.69, 9.17) is 16.9 Å². The molecule has 0 aliphatic rings. The van der Waals surface area contributed by atoms with Gasteiger partial charge in [-0.2, -0.15) is 5.10 Å². The minimum absolute atomic E-state index is 0.133. The lowest BCUT2D eigenvalue weighted by Crippen LogP contribution is -2.14. The van der Waals surface area contributed by atoms with Crippen molar-refractivity contribution in [3.05, 3.63) is 35.9 Å². The van der Waals surface area contributed by atoms with Crippen LogP contribution in [0.25, 0.3) is 28.1 Å². The summed E-state index contributed by atoms with van der Waals surface area (Å²) in [6.45, 7) is 0. The second-order valence-electron chi connectivity index (χ2n) is 5.27. The molecule has 0 atom stereocenters. The number of nitrogens with two attached hydrogens (primary N) is 2. The fourth-order valence-electron chi connectivity index (χ4n) is 2.44. The lowest BCUT2D eigenvalue weighted by molar-refractivity contribution is 0.0996. The van der Waals surface area contributed by atoms with Crippen LogP contribution >= 0.6 is 0 Å². The van der Waals surface area contributed by atoms with Crippen molar-refractivity contribution in [1.29, 1.82) is 5.41 Å². The highest BCUT2D eigenvalue weighted by Gasteiger charge is 2.18. The second kappa shape index (κ2) is 5.61. The van der Waals surface area contributed by atoms with E-state index < -0.39 is 5.91 Å². The summed E-state index contributed by atoms with van der Waals surface area (Å²) in [6, 6.07) is 1.60. The lowest BCUT2D eigenvalue weighted by Gasteiger charge is -2.05. The van der Waals surface area contributed by atoms with E-state index in [1.165, 1.54) is 6.08 Å². The van der Waals surface area contributed by atoms with Crippen LogP contribution in [0.15, 0.2) is 24.5 Å². The van der Waals surface area contributed by atoms with E-state index in [0.29, 0.717) is 22.9 Å². The number of fused-ring (bicyclic) bond motifs is 1. The molecule has 0 unspecified atom stereocenters. The number of aryl methyl sites for hydroxylation is 2. The maximum absolute atomic E-state index is 11.6. The molecular formula is C15H16N8O. The number of rotatable bonds is 4. The molecule has 3 rings (SSSR count). The van der Waals surface area contributed by atoms with E-state index in [2.05, 4.69) is 15.1 Å². The summed E-state index contributed by atoms with van der Waals surface area (Å²) in [5.41, 5.74) is 13.5. The summed E-state index contributed by atoms with van der Waals surface area (Å²) >= 11 is 0. The first-order valence-electron chi connectivity index (χ1n) is 7.05. The minimum atomic E-state index is -0.628. The van der Waals surface area contributed by atoms with E-state index >= 15 is 0 Å². The van der Waals surface area contributed by atoms with Gasteiger partial charge in [-0.1, -0.05) is 0 Å². The first-order chi connectivity index (χ1) is 11.4. The Balaban J connectivity index is 2.28. The van der Waals surface area contributed by atoms with Gasteiger partial charge < -0.3 is 21.4 Å². The van der Waals surface area contributed by atoms with Crippen LogP contribution in [0.4, 0.5) is 0 Å². The number of allylic oxidation sites excluding steroid dienone is 1. The van der Waals surface area contributed by atoms with Crippen molar-refractivity contribution in [3.63, 3.8) is 0 Å². The van der Waals surface area contributed by atoms with Crippen LogP contribution in [0.2, 0.25) is 0 Å². The van der Waals surface area contributed by atoms with Crippen molar-refractivity contribution >= 4 is 28.7 Å². The number of amides is 1. The summed E-state index contributed by atoms with van der Waals surface area (Å²) in [4.78, 5) is 20.4. The molecule has 3 aromatic heterocycles. The average molecular weight is 324 g/mol. The van der Waals surface area contributed by atoms with Crippen LogP contribution in [-0.4, -0.2) is 36.4 Å². The first kappa shape index (κ1) is 15.4. The number of carbonyl (C=O) groups excluding carboxylic acids is 1. The van der Waals surface area contributed by atoms with Gasteiger partial charge in [-0.15, -0.1) is 0 Å². The van der Waals surface area contributed by atoms with Gasteiger partial charge in [0.05, 0.1) is 17.4 Å². The maximum atomic E-state index is 11.6. The molecule has 1 amide bonds. The molecule has 122 valence electrons. The Hall–Kier alpha value is -3.49. The molecule has 0 bridgehead atoms. The first-order valence-corrected chi connectivity index (χ1v) is 7.05. The third kappa shape index (κ3) is 2.41. The number of pyridine rings is 1. The summed E-state index contributed by atoms with van der Waals surface area (Å²) < 4.78 is 3.39. The Morgan fingerprint density at radius 3 is 2.67 bits per heavy atom. The molecule has 0 spiro atoms. The molecule has 9 heteroatoms. The highest BCUT2D eigenvalue weighted by Crippen LogP contribution is 2.27. The summed E-state index contributed by atoms with van der Waals surface area (Å²) in [6.07, 6.45) is 5.92. The van der Waals surface area contributed by atoms with Crippen molar-refractivity contribution in [2.45, 2.75) is 0 Å². The maximum Gasteiger partial charge on any atom is 0.267 e. The zero-order valence-electron chi connectivity index (χ0n) is 13.2. The van der Waals surface area contributed by atoms with Crippen LogP contribution in [0.3, 0.4) is 0 Å². The lowest BCUT2D eigenvalue weighted by atomic mass is 10.2. The number of carbonyl (C=O) groups is 1. The number of aromatic nitrogens is 5. The Bertz CT molecular complexity index is 994. The SMILES string of the molecule is Cn1cc(/C(N)=C/C=N)nc1-c1nc(C(N)=O)cc2c1cnn2C. The Labute approximate surface area is 137 Å². The highest BCUT2D eigenvalue weighted by molar-refractivity contribution is 5.99. The van der Waals surface area contributed by atoms with Gasteiger partial charge in [-0.3, -0.25) is 9.48 Å². The predicted molar refractivity (Wildman–Crippen MR) is 90.2 cm³/mol. The summed E-state index contributed by atoms with van der Waals surface area (Å²) in [5.74, 6) is -0.107. The Morgan fingerprint density at radius 2 is 2.00 bits per heavy atom.